The fourth-order valence-electron chi connectivity index (χ4n) is 1.82. The fourth-order valence-corrected chi connectivity index (χ4v) is 2.16. The van der Waals surface area contributed by atoms with Crippen LogP contribution in [0, 0.1) is 6.92 Å². The number of aromatic nitrogens is 1. The molecule has 2 aromatic rings. The molecular weight excluding hydrogens is 292 g/mol. The third-order valence-corrected chi connectivity index (χ3v) is 3.46. The predicted octanol–water partition coefficient (Wildman–Crippen LogP) is 3.83. The Labute approximate surface area is 115 Å². The smallest absolute Gasteiger partial charge is 0.272 e. The summed E-state index contributed by atoms with van der Waals surface area (Å²) < 4.78 is 2.80. The molecular formula is C14H15BrN2O. The molecule has 0 saturated heterocycles. The van der Waals surface area contributed by atoms with Crippen LogP contribution in [0.3, 0.4) is 0 Å². The molecule has 1 aromatic heterocycles. The van der Waals surface area contributed by atoms with E-state index >= 15 is 0 Å². The first-order valence-electron chi connectivity index (χ1n) is 5.84. The Bertz CT molecular complexity index is 575. The quantitative estimate of drug-likeness (QED) is 0.918. The molecule has 1 N–H and O–H groups in total. The van der Waals surface area contributed by atoms with Gasteiger partial charge >= 0.3 is 0 Å². The molecule has 0 unspecified atom stereocenters. The van der Waals surface area contributed by atoms with E-state index in [2.05, 4.69) is 21.2 Å². The van der Waals surface area contributed by atoms with Gasteiger partial charge in [-0.3, -0.25) is 4.79 Å². The highest BCUT2D eigenvalue weighted by Crippen LogP contribution is 2.24. The topological polar surface area (TPSA) is 34.0 Å². The van der Waals surface area contributed by atoms with Gasteiger partial charge in [0.25, 0.3) is 5.91 Å². The zero-order valence-corrected chi connectivity index (χ0v) is 12.0. The van der Waals surface area contributed by atoms with Crippen molar-refractivity contribution in [3.8, 4) is 0 Å². The largest absolute Gasteiger partial charge is 0.344 e. The molecule has 0 aliphatic rings. The molecule has 0 fully saturated rings. The minimum absolute atomic E-state index is 0.0897. The Morgan fingerprint density at radius 2 is 2.17 bits per heavy atom. The number of benzene rings is 1. The number of halogens is 1. The van der Waals surface area contributed by atoms with Crippen molar-refractivity contribution in [1.82, 2.24) is 4.57 Å². The van der Waals surface area contributed by atoms with E-state index in [4.69, 9.17) is 0 Å². The molecule has 1 amide bonds. The van der Waals surface area contributed by atoms with Gasteiger partial charge in [0.2, 0.25) is 0 Å². The fraction of sp³-hybridized carbons (Fsp3) is 0.214. The van der Waals surface area contributed by atoms with Crippen LogP contribution in [0.1, 0.15) is 23.0 Å². The monoisotopic (exact) mass is 306 g/mol. The zero-order valence-electron chi connectivity index (χ0n) is 10.4. The van der Waals surface area contributed by atoms with Crippen LogP contribution in [0.2, 0.25) is 0 Å². The van der Waals surface area contributed by atoms with Crippen LogP contribution < -0.4 is 5.32 Å². The molecule has 0 radical (unpaired) electrons. The molecule has 0 aliphatic heterocycles. The average molecular weight is 307 g/mol. The predicted molar refractivity (Wildman–Crippen MR) is 76.9 cm³/mol. The number of nitrogens with one attached hydrogen (secondary N) is 1. The Balaban J connectivity index is 2.24. The molecule has 3 nitrogen and oxygen atoms in total. The lowest BCUT2D eigenvalue weighted by molar-refractivity contribution is 0.101. The number of nitrogens with zero attached hydrogens (tertiary/aromatic N) is 1. The van der Waals surface area contributed by atoms with Gasteiger partial charge in [0.15, 0.2) is 0 Å². The summed E-state index contributed by atoms with van der Waals surface area (Å²) in [6.45, 7) is 4.79. The average Bonchev–Trinajstić information content (AvgIpc) is 2.82. The van der Waals surface area contributed by atoms with Crippen LogP contribution in [-0.4, -0.2) is 10.5 Å². The first-order valence-corrected chi connectivity index (χ1v) is 6.63. The summed E-state index contributed by atoms with van der Waals surface area (Å²) in [6.07, 6.45) is 1.90. The minimum atomic E-state index is -0.0897. The number of hydrogen-bond acceptors (Lipinski definition) is 1. The third-order valence-electron chi connectivity index (χ3n) is 2.77. The molecule has 2 rings (SSSR count). The molecule has 0 bridgehead atoms. The van der Waals surface area contributed by atoms with Crippen molar-refractivity contribution >= 4 is 27.5 Å². The lowest BCUT2D eigenvalue weighted by atomic mass is 10.2. The van der Waals surface area contributed by atoms with Crippen molar-refractivity contribution in [2.24, 2.45) is 0 Å². The molecule has 4 heteroatoms. The SMILES string of the molecule is CCn1cccc1C(=O)Nc1cc(C)ccc1Br. The van der Waals surface area contributed by atoms with Gasteiger partial charge in [0.05, 0.1) is 5.69 Å². The minimum Gasteiger partial charge on any atom is -0.344 e. The van der Waals surface area contributed by atoms with E-state index in [1.54, 1.807) is 0 Å². The zero-order chi connectivity index (χ0) is 13.1. The molecule has 1 heterocycles. The third kappa shape index (κ3) is 2.64. The summed E-state index contributed by atoms with van der Waals surface area (Å²) >= 11 is 3.44. The van der Waals surface area contributed by atoms with Crippen LogP contribution in [0.5, 0.6) is 0 Å². The van der Waals surface area contributed by atoms with Crippen LogP contribution in [-0.2, 0) is 6.54 Å². The van der Waals surface area contributed by atoms with Gasteiger partial charge in [-0.15, -0.1) is 0 Å². The molecule has 18 heavy (non-hydrogen) atoms. The Morgan fingerprint density at radius 1 is 1.39 bits per heavy atom. The number of rotatable bonds is 3. The summed E-state index contributed by atoms with van der Waals surface area (Å²) in [5.74, 6) is -0.0897. The van der Waals surface area contributed by atoms with Crippen molar-refractivity contribution < 1.29 is 4.79 Å². The number of carbonyl (C=O) groups excluding carboxylic acids is 1. The van der Waals surface area contributed by atoms with Crippen molar-refractivity contribution in [2.45, 2.75) is 20.4 Å². The lowest BCUT2D eigenvalue weighted by Crippen LogP contribution is -2.16. The van der Waals surface area contributed by atoms with Gasteiger partial charge < -0.3 is 9.88 Å². The van der Waals surface area contributed by atoms with Crippen LogP contribution >= 0.6 is 15.9 Å². The maximum Gasteiger partial charge on any atom is 0.272 e. The highest BCUT2D eigenvalue weighted by atomic mass is 79.9. The molecule has 0 saturated carbocycles. The molecule has 0 aliphatic carbocycles. The van der Waals surface area contributed by atoms with E-state index in [9.17, 15) is 4.79 Å². The second-order valence-electron chi connectivity index (χ2n) is 4.12. The van der Waals surface area contributed by atoms with E-state index < -0.39 is 0 Å². The van der Waals surface area contributed by atoms with Crippen molar-refractivity contribution in [3.05, 3.63) is 52.3 Å². The van der Waals surface area contributed by atoms with Crippen molar-refractivity contribution in [1.29, 1.82) is 0 Å². The number of aryl methyl sites for hydroxylation is 2. The maximum atomic E-state index is 12.2. The van der Waals surface area contributed by atoms with Crippen LogP contribution in [0.4, 0.5) is 5.69 Å². The summed E-state index contributed by atoms with van der Waals surface area (Å²) in [6, 6.07) is 9.58. The lowest BCUT2D eigenvalue weighted by Gasteiger charge is -2.10. The van der Waals surface area contributed by atoms with E-state index in [1.807, 2.05) is 54.9 Å². The number of anilines is 1. The molecule has 0 spiro atoms. The first-order chi connectivity index (χ1) is 8.61. The van der Waals surface area contributed by atoms with Gasteiger partial charge in [-0.1, -0.05) is 6.07 Å². The summed E-state index contributed by atoms with van der Waals surface area (Å²) in [5, 5.41) is 2.92. The molecule has 1 aromatic carbocycles. The van der Waals surface area contributed by atoms with Gasteiger partial charge in [0, 0.05) is 17.2 Å². The Morgan fingerprint density at radius 3 is 2.89 bits per heavy atom. The van der Waals surface area contributed by atoms with Gasteiger partial charge in [-0.2, -0.15) is 0 Å². The normalized spacial score (nSPS) is 10.4. The Hall–Kier alpha value is -1.55. The van der Waals surface area contributed by atoms with Gasteiger partial charge in [-0.25, -0.2) is 0 Å². The van der Waals surface area contributed by atoms with Gasteiger partial charge in [-0.05, 0) is 59.6 Å². The van der Waals surface area contributed by atoms with Crippen molar-refractivity contribution in [3.63, 3.8) is 0 Å². The summed E-state index contributed by atoms with van der Waals surface area (Å²) in [5.41, 5.74) is 2.58. The number of carbonyl (C=O) groups is 1. The van der Waals surface area contributed by atoms with Crippen molar-refractivity contribution in [2.75, 3.05) is 5.32 Å². The second kappa shape index (κ2) is 5.40. The van der Waals surface area contributed by atoms with Crippen LogP contribution in [0.25, 0.3) is 0 Å². The standard InChI is InChI=1S/C14H15BrN2O/c1-3-17-8-4-5-13(17)14(18)16-12-9-10(2)6-7-11(12)15/h4-9H,3H2,1-2H3,(H,16,18). The Kier molecular flexibility index (Phi) is 3.87. The summed E-state index contributed by atoms with van der Waals surface area (Å²) in [7, 11) is 0. The molecule has 94 valence electrons. The number of amides is 1. The maximum absolute atomic E-state index is 12.2. The second-order valence-corrected chi connectivity index (χ2v) is 4.97. The number of hydrogen-bond donors (Lipinski definition) is 1. The highest BCUT2D eigenvalue weighted by Gasteiger charge is 2.11. The first kappa shape index (κ1) is 12.9. The van der Waals surface area contributed by atoms with Crippen LogP contribution in [0.15, 0.2) is 41.0 Å². The van der Waals surface area contributed by atoms with E-state index in [-0.39, 0.29) is 5.91 Å². The molecule has 0 atom stereocenters. The van der Waals surface area contributed by atoms with E-state index in [1.165, 1.54) is 0 Å². The summed E-state index contributed by atoms with van der Waals surface area (Å²) in [4.78, 5) is 12.2. The van der Waals surface area contributed by atoms with E-state index in [0.29, 0.717) is 5.69 Å². The van der Waals surface area contributed by atoms with Gasteiger partial charge in [0.1, 0.15) is 5.69 Å². The highest BCUT2D eigenvalue weighted by molar-refractivity contribution is 9.10. The van der Waals surface area contributed by atoms with E-state index in [0.717, 1.165) is 22.3 Å².